The van der Waals surface area contributed by atoms with Crippen LogP contribution in [0.5, 0.6) is 0 Å². The highest BCUT2D eigenvalue weighted by Gasteiger charge is 1.85. The van der Waals surface area contributed by atoms with Crippen LogP contribution >= 0.6 is 12.4 Å². The zero-order valence-corrected chi connectivity index (χ0v) is 4.40. The van der Waals surface area contributed by atoms with Crippen molar-refractivity contribution in [3.63, 3.8) is 0 Å². The summed E-state index contributed by atoms with van der Waals surface area (Å²) in [6, 6.07) is 0. The predicted molar refractivity (Wildman–Crippen MR) is 27.7 cm³/mol. The van der Waals surface area contributed by atoms with Crippen molar-refractivity contribution < 1.29 is 0 Å². The first-order valence-corrected chi connectivity index (χ1v) is 1.39. The smallest absolute Gasteiger partial charge is 0.183 e. The molecule has 0 spiro atoms. The number of hydrogen-bond acceptors (Lipinski definition) is 5. The van der Waals surface area contributed by atoms with E-state index in [2.05, 4.69) is 5.11 Å². The van der Waals surface area contributed by atoms with Crippen LogP contribution in [0.2, 0.25) is 0 Å². The molecule has 0 aliphatic heterocycles. The van der Waals surface area contributed by atoms with Crippen molar-refractivity contribution in [1.82, 2.24) is 5.43 Å². The van der Waals surface area contributed by atoms with Gasteiger partial charge in [-0.2, -0.15) is 5.11 Å². The lowest BCUT2D eigenvalue weighted by Crippen LogP contribution is -2.39. The Morgan fingerprint density at radius 2 is 2.14 bits per heavy atom. The monoisotopic (exact) mass is 125 g/mol. The largest absolute Gasteiger partial charge is 0.295 e. The topological polar surface area (TPSA) is 100 Å². The molecule has 1 unspecified atom stereocenters. The first-order chi connectivity index (χ1) is 2.81. The second-order valence-corrected chi connectivity index (χ2v) is 0.741. The Morgan fingerprint density at radius 1 is 1.71 bits per heavy atom. The van der Waals surface area contributed by atoms with E-state index in [4.69, 9.17) is 17.1 Å². The molecule has 0 bridgehead atoms. The van der Waals surface area contributed by atoms with Crippen molar-refractivity contribution in [3.05, 3.63) is 0 Å². The van der Waals surface area contributed by atoms with Gasteiger partial charge in [-0.05, 0) is 0 Å². The summed E-state index contributed by atoms with van der Waals surface area (Å²) >= 11 is 0. The van der Waals surface area contributed by atoms with Crippen LogP contribution in [-0.2, 0) is 0 Å². The molecule has 0 saturated heterocycles. The second kappa shape index (κ2) is 5.77. The minimum atomic E-state index is -0.745. The maximum atomic E-state index is 6.17. The standard InChI is InChI=1S/CH7N5.ClH/c2-1(5-3)6-4;/h1,3,6H,2,4H2;1H. The highest BCUT2D eigenvalue weighted by Crippen LogP contribution is 1.61. The van der Waals surface area contributed by atoms with E-state index in [0.29, 0.717) is 0 Å². The Bertz CT molecular complexity index is 45.3. The van der Waals surface area contributed by atoms with E-state index in [-0.39, 0.29) is 12.4 Å². The fourth-order valence-corrected chi connectivity index (χ4v) is 0.0373. The van der Waals surface area contributed by atoms with Crippen molar-refractivity contribution in [2.45, 2.75) is 6.29 Å². The molecule has 0 amide bonds. The van der Waals surface area contributed by atoms with E-state index < -0.39 is 6.29 Å². The summed E-state index contributed by atoms with van der Waals surface area (Å²) in [6.07, 6.45) is -0.745. The molecule has 0 aliphatic rings. The van der Waals surface area contributed by atoms with Gasteiger partial charge in [0.15, 0.2) is 6.29 Å². The average molecular weight is 126 g/mol. The minimum absolute atomic E-state index is 0. The summed E-state index contributed by atoms with van der Waals surface area (Å²) in [4.78, 5) is 0. The summed E-state index contributed by atoms with van der Waals surface area (Å²) in [5.41, 5.74) is 13.1. The molecule has 0 aromatic carbocycles. The van der Waals surface area contributed by atoms with Crippen molar-refractivity contribution in [2.24, 2.45) is 16.7 Å². The van der Waals surface area contributed by atoms with Crippen molar-refractivity contribution in [2.75, 3.05) is 0 Å². The van der Waals surface area contributed by atoms with Gasteiger partial charge in [-0.1, -0.05) is 0 Å². The highest BCUT2D eigenvalue weighted by atomic mass is 35.5. The van der Waals surface area contributed by atoms with Gasteiger partial charge in [0.1, 0.15) is 0 Å². The van der Waals surface area contributed by atoms with Gasteiger partial charge in [-0.25, -0.2) is 11.0 Å². The predicted octanol–water partition coefficient (Wildman–Crippen LogP) is -0.855. The lowest BCUT2D eigenvalue weighted by atomic mass is 11.0. The summed E-state index contributed by atoms with van der Waals surface area (Å²) in [5, 5.41) is 2.80. The van der Waals surface area contributed by atoms with Crippen LogP contribution in [0.25, 0.3) is 0 Å². The third-order valence-corrected chi connectivity index (χ3v) is 0.310. The van der Waals surface area contributed by atoms with E-state index in [1.54, 1.807) is 0 Å². The molecule has 6 N–H and O–H groups in total. The SMILES string of the molecule is Cl.N=NC(N)NN. The lowest BCUT2D eigenvalue weighted by Gasteiger charge is -1.96. The van der Waals surface area contributed by atoms with Crippen molar-refractivity contribution in [3.8, 4) is 0 Å². The van der Waals surface area contributed by atoms with Crippen LogP contribution < -0.4 is 17.0 Å². The van der Waals surface area contributed by atoms with E-state index >= 15 is 0 Å². The first kappa shape index (κ1) is 9.91. The van der Waals surface area contributed by atoms with Gasteiger partial charge in [-0.15, -0.1) is 12.4 Å². The Hall–Kier alpha value is -0.230. The first-order valence-electron chi connectivity index (χ1n) is 1.39. The summed E-state index contributed by atoms with van der Waals surface area (Å²) in [6.45, 7) is 0. The summed E-state index contributed by atoms with van der Waals surface area (Å²) in [7, 11) is 0. The van der Waals surface area contributed by atoms with Gasteiger partial charge in [0.05, 0.1) is 0 Å². The Labute approximate surface area is 47.3 Å². The van der Waals surface area contributed by atoms with E-state index in [0.717, 1.165) is 0 Å². The van der Waals surface area contributed by atoms with Crippen LogP contribution in [0.1, 0.15) is 0 Å². The van der Waals surface area contributed by atoms with Gasteiger partial charge in [0.2, 0.25) is 0 Å². The number of hydrazine groups is 1. The molecule has 5 nitrogen and oxygen atoms in total. The van der Waals surface area contributed by atoms with E-state index in [1.807, 2.05) is 5.43 Å². The number of nitrogens with two attached hydrogens (primary N) is 2. The molecule has 0 aromatic rings. The number of halogens is 1. The van der Waals surface area contributed by atoms with Crippen molar-refractivity contribution >= 4 is 12.4 Å². The molecule has 0 heterocycles. The second-order valence-electron chi connectivity index (χ2n) is 0.741. The quantitative estimate of drug-likeness (QED) is 0.167. The molecule has 0 fully saturated rings. The van der Waals surface area contributed by atoms with Gasteiger partial charge in [0, 0.05) is 0 Å². The van der Waals surface area contributed by atoms with Gasteiger partial charge in [0.25, 0.3) is 0 Å². The van der Waals surface area contributed by atoms with E-state index in [1.165, 1.54) is 0 Å². The van der Waals surface area contributed by atoms with Crippen molar-refractivity contribution in [1.29, 1.82) is 5.53 Å². The number of nitrogens with zero attached hydrogens (tertiary/aromatic N) is 1. The van der Waals surface area contributed by atoms with Gasteiger partial charge >= 0.3 is 0 Å². The highest BCUT2D eigenvalue weighted by molar-refractivity contribution is 5.85. The van der Waals surface area contributed by atoms with Crippen LogP contribution in [0.4, 0.5) is 0 Å². The van der Waals surface area contributed by atoms with Gasteiger partial charge < -0.3 is 0 Å². The maximum Gasteiger partial charge on any atom is 0.183 e. The number of nitrogens with one attached hydrogen (secondary N) is 2. The zero-order chi connectivity index (χ0) is 4.99. The summed E-state index contributed by atoms with van der Waals surface area (Å²) < 4.78 is 0. The fraction of sp³-hybridized carbons (Fsp3) is 1.00. The van der Waals surface area contributed by atoms with Crippen LogP contribution in [0, 0.1) is 5.53 Å². The molecule has 7 heavy (non-hydrogen) atoms. The van der Waals surface area contributed by atoms with E-state index in [9.17, 15) is 0 Å². The molecule has 1 atom stereocenters. The molecule has 0 radical (unpaired) electrons. The maximum absolute atomic E-state index is 6.17. The number of hydrogen-bond donors (Lipinski definition) is 4. The third kappa shape index (κ3) is 5.77. The fourth-order valence-electron chi connectivity index (χ4n) is 0.0373. The Morgan fingerprint density at radius 3 is 2.14 bits per heavy atom. The molecule has 6 heteroatoms. The molecule has 0 aromatic heterocycles. The molecule has 0 aliphatic carbocycles. The normalized spacial score (nSPS) is 11.7. The molecule has 0 saturated carbocycles. The third-order valence-electron chi connectivity index (χ3n) is 0.310. The summed E-state index contributed by atoms with van der Waals surface area (Å²) in [5.74, 6) is 4.69. The molecule has 44 valence electrons. The average Bonchev–Trinajstić information content (AvgIpc) is 1.65. The zero-order valence-electron chi connectivity index (χ0n) is 3.59. The van der Waals surface area contributed by atoms with Gasteiger partial charge in [-0.3, -0.25) is 11.6 Å². The minimum Gasteiger partial charge on any atom is -0.295 e. The van der Waals surface area contributed by atoms with Crippen LogP contribution in [0.3, 0.4) is 0 Å². The molecular weight excluding hydrogens is 117 g/mol. The molecular formula is CH8ClN5. The Balaban J connectivity index is 0. The lowest BCUT2D eigenvalue weighted by molar-refractivity contribution is 0.536. The molecule has 0 rings (SSSR count). The Kier molecular flexibility index (Phi) is 8.17. The number of rotatable bonds is 2. The van der Waals surface area contributed by atoms with Crippen LogP contribution in [-0.4, -0.2) is 6.29 Å². The van der Waals surface area contributed by atoms with Crippen LogP contribution in [0.15, 0.2) is 5.11 Å².